The Hall–Kier alpha value is -3.43. The van der Waals surface area contributed by atoms with E-state index in [-0.39, 0.29) is 30.5 Å². The van der Waals surface area contributed by atoms with E-state index in [1.165, 1.54) is 35.2 Å². The molecule has 0 aliphatic rings. The van der Waals surface area contributed by atoms with Crippen LogP contribution >= 0.6 is 11.6 Å². The third-order valence-electron chi connectivity index (χ3n) is 6.00. The molecule has 0 saturated carbocycles. The van der Waals surface area contributed by atoms with Gasteiger partial charge >= 0.3 is 0 Å². The van der Waals surface area contributed by atoms with Gasteiger partial charge in [-0.1, -0.05) is 74.0 Å². The highest BCUT2D eigenvalue weighted by Gasteiger charge is 2.33. The minimum absolute atomic E-state index is 0.0289. The number of hydrogen-bond donors (Lipinski definition) is 1. The van der Waals surface area contributed by atoms with Crippen molar-refractivity contribution in [1.82, 2.24) is 10.2 Å². The van der Waals surface area contributed by atoms with E-state index in [0.717, 1.165) is 16.1 Å². The number of carbonyl (C=O) groups excluding carboxylic acids is 2. The summed E-state index contributed by atoms with van der Waals surface area (Å²) in [6, 6.07) is 20.1. The third-order valence-corrected chi connectivity index (χ3v) is 7.37. The summed E-state index contributed by atoms with van der Waals surface area (Å²) in [5, 5.41) is 3.23. The number of anilines is 1. The van der Waals surface area contributed by atoms with Gasteiger partial charge in [-0.15, -0.1) is 0 Å². The van der Waals surface area contributed by atoms with Crippen molar-refractivity contribution in [2.45, 2.75) is 32.9 Å². The molecule has 1 unspecified atom stereocenters. The number of rotatable bonds is 12. The van der Waals surface area contributed by atoms with Crippen LogP contribution < -0.4 is 9.62 Å². The molecule has 0 aliphatic heterocycles. The Labute approximate surface area is 234 Å². The molecular weight excluding hydrogens is 541 g/mol. The standard InChI is InChI=1S/C29H33ClFN3O4S/c1-21(2)18-32-29(36)27(16-22-8-5-4-6-9-22)33(19-23-12-14-25(31)15-13-23)28(35)20-34(39(3,37)38)26-11-7-10-24(30)17-26/h4-15,17,21,27H,16,18-20H2,1-3H3,(H,32,36). The lowest BCUT2D eigenvalue weighted by Crippen LogP contribution is -2.53. The molecule has 208 valence electrons. The van der Waals surface area contributed by atoms with Crippen molar-refractivity contribution in [3.63, 3.8) is 0 Å². The first-order chi connectivity index (χ1) is 18.4. The Morgan fingerprint density at radius 2 is 1.62 bits per heavy atom. The summed E-state index contributed by atoms with van der Waals surface area (Å²) in [6.45, 7) is 3.74. The molecule has 10 heteroatoms. The second-order valence-corrected chi connectivity index (χ2v) is 12.1. The van der Waals surface area contributed by atoms with Gasteiger partial charge in [0.05, 0.1) is 11.9 Å². The van der Waals surface area contributed by atoms with Crippen molar-refractivity contribution < 1.29 is 22.4 Å². The summed E-state index contributed by atoms with van der Waals surface area (Å²) >= 11 is 6.10. The summed E-state index contributed by atoms with van der Waals surface area (Å²) in [5.41, 5.74) is 1.64. The number of sulfonamides is 1. The van der Waals surface area contributed by atoms with E-state index in [1.807, 2.05) is 44.2 Å². The van der Waals surface area contributed by atoms with E-state index >= 15 is 0 Å². The van der Waals surface area contributed by atoms with Crippen LogP contribution in [0, 0.1) is 11.7 Å². The number of amides is 2. The molecule has 0 radical (unpaired) electrons. The topological polar surface area (TPSA) is 86.8 Å². The highest BCUT2D eigenvalue weighted by molar-refractivity contribution is 7.92. The van der Waals surface area contributed by atoms with Gasteiger partial charge in [-0.05, 0) is 47.4 Å². The van der Waals surface area contributed by atoms with E-state index < -0.39 is 34.3 Å². The van der Waals surface area contributed by atoms with Crippen LogP contribution in [-0.2, 0) is 32.6 Å². The van der Waals surface area contributed by atoms with Gasteiger partial charge in [0, 0.05) is 24.5 Å². The lowest BCUT2D eigenvalue weighted by Gasteiger charge is -2.33. The number of benzene rings is 3. The van der Waals surface area contributed by atoms with Gasteiger partial charge in [-0.3, -0.25) is 13.9 Å². The van der Waals surface area contributed by atoms with E-state index in [4.69, 9.17) is 11.6 Å². The second-order valence-electron chi connectivity index (χ2n) is 9.74. The van der Waals surface area contributed by atoms with Gasteiger partial charge in [-0.25, -0.2) is 12.8 Å². The molecule has 3 rings (SSSR count). The van der Waals surface area contributed by atoms with Gasteiger partial charge in [0.25, 0.3) is 0 Å². The Bertz CT molecular complexity index is 1370. The van der Waals surface area contributed by atoms with Crippen molar-refractivity contribution in [2.75, 3.05) is 23.7 Å². The van der Waals surface area contributed by atoms with Crippen LogP contribution in [0.3, 0.4) is 0 Å². The summed E-state index contributed by atoms with van der Waals surface area (Å²) < 4.78 is 40.1. The predicted molar refractivity (Wildman–Crippen MR) is 152 cm³/mol. The highest BCUT2D eigenvalue weighted by atomic mass is 35.5. The molecule has 2 amide bonds. The smallest absolute Gasteiger partial charge is 0.244 e. The summed E-state index contributed by atoms with van der Waals surface area (Å²) in [4.78, 5) is 28.8. The number of nitrogens with zero attached hydrogens (tertiary/aromatic N) is 2. The maximum absolute atomic E-state index is 13.9. The monoisotopic (exact) mass is 573 g/mol. The lowest BCUT2D eigenvalue weighted by molar-refractivity contribution is -0.140. The fraction of sp³-hybridized carbons (Fsp3) is 0.310. The Morgan fingerprint density at radius 3 is 2.21 bits per heavy atom. The van der Waals surface area contributed by atoms with Gasteiger partial charge in [0.2, 0.25) is 21.8 Å². The second kappa shape index (κ2) is 13.6. The van der Waals surface area contributed by atoms with Crippen molar-refractivity contribution in [2.24, 2.45) is 5.92 Å². The zero-order chi connectivity index (χ0) is 28.6. The normalized spacial score (nSPS) is 12.2. The summed E-state index contributed by atoms with van der Waals surface area (Å²) in [6.07, 6.45) is 1.20. The van der Waals surface area contributed by atoms with Crippen LogP contribution in [0.5, 0.6) is 0 Å². The van der Waals surface area contributed by atoms with E-state index in [1.54, 1.807) is 18.2 Å². The van der Waals surface area contributed by atoms with Crippen LogP contribution in [0.1, 0.15) is 25.0 Å². The van der Waals surface area contributed by atoms with E-state index in [9.17, 15) is 22.4 Å². The molecular formula is C29H33ClFN3O4S. The van der Waals surface area contributed by atoms with Crippen molar-refractivity contribution in [3.8, 4) is 0 Å². The molecule has 0 aliphatic carbocycles. The van der Waals surface area contributed by atoms with Crippen LogP contribution in [0.4, 0.5) is 10.1 Å². The molecule has 3 aromatic carbocycles. The Balaban J connectivity index is 2.04. The quantitative estimate of drug-likeness (QED) is 0.341. The number of halogens is 2. The van der Waals surface area contributed by atoms with Gasteiger partial charge in [-0.2, -0.15) is 0 Å². The largest absolute Gasteiger partial charge is 0.354 e. The highest BCUT2D eigenvalue weighted by Crippen LogP contribution is 2.23. The summed E-state index contributed by atoms with van der Waals surface area (Å²) in [7, 11) is -3.89. The lowest BCUT2D eigenvalue weighted by atomic mass is 10.0. The third kappa shape index (κ3) is 9.07. The number of carbonyl (C=O) groups is 2. The Morgan fingerprint density at radius 1 is 0.949 bits per heavy atom. The first-order valence-electron chi connectivity index (χ1n) is 12.5. The van der Waals surface area contributed by atoms with Gasteiger partial charge in [0.1, 0.15) is 18.4 Å². The average Bonchev–Trinajstić information content (AvgIpc) is 2.88. The van der Waals surface area contributed by atoms with E-state index in [2.05, 4.69) is 5.32 Å². The molecule has 7 nitrogen and oxygen atoms in total. The predicted octanol–water partition coefficient (Wildman–Crippen LogP) is 4.66. The van der Waals surface area contributed by atoms with Crippen LogP contribution in [-0.4, -0.2) is 50.5 Å². The zero-order valence-electron chi connectivity index (χ0n) is 22.2. The van der Waals surface area contributed by atoms with Gasteiger partial charge < -0.3 is 10.2 Å². The molecule has 0 saturated heterocycles. The van der Waals surface area contributed by atoms with E-state index in [0.29, 0.717) is 17.1 Å². The molecule has 3 aromatic rings. The maximum atomic E-state index is 13.9. The minimum Gasteiger partial charge on any atom is -0.354 e. The Kier molecular flexibility index (Phi) is 10.5. The zero-order valence-corrected chi connectivity index (χ0v) is 23.8. The number of nitrogens with one attached hydrogen (secondary N) is 1. The number of hydrogen-bond acceptors (Lipinski definition) is 4. The molecule has 39 heavy (non-hydrogen) atoms. The van der Waals surface area contributed by atoms with Crippen molar-refractivity contribution >= 4 is 39.1 Å². The first kappa shape index (κ1) is 30.1. The fourth-order valence-electron chi connectivity index (χ4n) is 4.01. The first-order valence-corrected chi connectivity index (χ1v) is 14.8. The summed E-state index contributed by atoms with van der Waals surface area (Å²) in [5.74, 6) is -1.21. The average molecular weight is 574 g/mol. The SMILES string of the molecule is CC(C)CNC(=O)C(Cc1ccccc1)N(Cc1ccc(F)cc1)C(=O)CN(c1cccc(Cl)c1)S(C)(=O)=O. The molecule has 0 heterocycles. The molecule has 0 fully saturated rings. The molecule has 0 bridgehead atoms. The maximum Gasteiger partial charge on any atom is 0.244 e. The molecule has 1 N–H and O–H groups in total. The van der Waals surface area contributed by atoms with Crippen LogP contribution in [0.25, 0.3) is 0 Å². The van der Waals surface area contributed by atoms with Crippen molar-refractivity contribution in [1.29, 1.82) is 0 Å². The van der Waals surface area contributed by atoms with Crippen molar-refractivity contribution in [3.05, 3.63) is 101 Å². The van der Waals surface area contributed by atoms with Crippen LogP contribution in [0.2, 0.25) is 5.02 Å². The molecule has 0 spiro atoms. The minimum atomic E-state index is -3.89. The fourth-order valence-corrected chi connectivity index (χ4v) is 5.03. The molecule has 1 atom stereocenters. The van der Waals surface area contributed by atoms with Gasteiger partial charge in [0.15, 0.2) is 0 Å². The van der Waals surface area contributed by atoms with Crippen LogP contribution in [0.15, 0.2) is 78.9 Å². The molecule has 0 aromatic heterocycles.